The van der Waals surface area contributed by atoms with Crippen molar-refractivity contribution >= 4 is 11.6 Å². The quantitative estimate of drug-likeness (QED) is 0.859. The van der Waals surface area contributed by atoms with Gasteiger partial charge in [0.1, 0.15) is 12.4 Å². The molecule has 0 saturated carbocycles. The summed E-state index contributed by atoms with van der Waals surface area (Å²) in [4.78, 5) is 0. The molecule has 3 heteroatoms. The molecule has 0 spiro atoms. The van der Waals surface area contributed by atoms with Gasteiger partial charge in [-0.3, -0.25) is 0 Å². The summed E-state index contributed by atoms with van der Waals surface area (Å²) in [5, 5.41) is 4.00. The number of benzene rings is 2. The van der Waals surface area contributed by atoms with E-state index < -0.39 is 0 Å². The average molecular weight is 276 g/mol. The Morgan fingerprint density at radius 1 is 1.05 bits per heavy atom. The third-order valence-electron chi connectivity index (χ3n) is 2.80. The highest BCUT2D eigenvalue weighted by atomic mass is 35.5. The van der Waals surface area contributed by atoms with Crippen molar-refractivity contribution in [2.45, 2.75) is 20.1 Å². The van der Waals surface area contributed by atoms with Gasteiger partial charge in [0.15, 0.2) is 0 Å². The predicted octanol–water partition coefficient (Wildman–Crippen LogP) is 4.03. The molecule has 2 rings (SSSR count). The van der Waals surface area contributed by atoms with Gasteiger partial charge in [-0.1, -0.05) is 48.9 Å². The summed E-state index contributed by atoms with van der Waals surface area (Å²) in [7, 11) is 0. The molecule has 2 aromatic rings. The molecule has 0 bridgehead atoms. The minimum atomic E-state index is 0.557. The van der Waals surface area contributed by atoms with E-state index in [9.17, 15) is 0 Å². The van der Waals surface area contributed by atoms with Crippen molar-refractivity contribution in [2.24, 2.45) is 0 Å². The highest BCUT2D eigenvalue weighted by Gasteiger charge is 1.98. The predicted molar refractivity (Wildman–Crippen MR) is 79.6 cm³/mol. The van der Waals surface area contributed by atoms with Gasteiger partial charge in [0, 0.05) is 11.6 Å². The molecule has 2 nitrogen and oxygen atoms in total. The van der Waals surface area contributed by atoms with Crippen LogP contribution in [-0.4, -0.2) is 6.54 Å². The third kappa shape index (κ3) is 4.58. The molecular weight excluding hydrogens is 258 g/mol. The first-order valence-corrected chi connectivity index (χ1v) is 6.82. The lowest BCUT2D eigenvalue weighted by Crippen LogP contribution is -2.11. The zero-order valence-electron chi connectivity index (χ0n) is 11.0. The fraction of sp³-hybridized carbons (Fsp3) is 0.250. The minimum Gasteiger partial charge on any atom is -0.489 e. The second kappa shape index (κ2) is 7.17. The van der Waals surface area contributed by atoms with Gasteiger partial charge >= 0.3 is 0 Å². The van der Waals surface area contributed by atoms with E-state index in [1.54, 1.807) is 0 Å². The highest BCUT2D eigenvalue weighted by Crippen LogP contribution is 2.18. The third-order valence-corrected chi connectivity index (χ3v) is 3.04. The van der Waals surface area contributed by atoms with Crippen molar-refractivity contribution in [3.8, 4) is 5.75 Å². The van der Waals surface area contributed by atoms with Gasteiger partial charge in [0.2, 0.25) is 0 Å². The largest absolute Gasteiger partial charge is 0.489 e. The van der Waals surface area contributed by atoms with Crippen molar-refractivity contribution in [2.75, 3.05) is 6.54 Å². The molecule has 0 aliphatic carbocycles. The maximum atomic E-state index is 5.91. The van der Waals surface area contributed by atoms with Crippen LogP contribution in [0, 0.1) is 0 Å². The van der Waals surface area contributed by atoms with Crippen molar-refractivity contribution < 1.29 is 4.74 Å². The van der Waals surface area contributed by atoms with Crippen LogP contribution in [-0.2, 0) is 13.2 Å². The molecule has 0 heterocycles. The van der Waals surface area contributed by atoms with Gasteiger partial charge in [-0.2, -0.15) is 0 Å². The number of ether oxygens (including phenoxy) is 1. The maximum absolute atomic E-state index is 5.91. The van der Waals surface area contributed by atoms with Crippen LogP contribution in [0.4, 0.5) is 0 Å². The van der Waals surface area contributed by atoms with E-state index >= 15 is 0 Å². The standard InChI is InChI=1S/C16H18ClNO/c1-2-18-11-13-6-8-14(9-7-13)12-19-16-5-3-4-15(17)10-16/h3-10,18H,2,11-12H2,1H3. The molecule has 0 saturated heterocycles. The molecule has 0 radical (unpaired) electrons. The zero-order valence-corrected chi connectivity index (χ0v) is 11.8. The number of hydrogen-bond acceptors (Lipinski definition) is 2. The lowest BCUT2D eigenvalue weighted by atomic mass is 10.1. The van der Waals surface area contributed by atoms with Gasteiger partial charge < -0.3 is 10.1 Å². The number of rotatable bonds is 6. The van der Waals surface area contributed by atoms with E-state index in [1.807, 2.05) is 24.3 Å². The van der Waals surface area contributed by atoms with Crippen LogP contribution in [0.3, 0.4) is 0 Å². The summed E-state index contributed by atoms with van der Waals surface area (Å²) in [5.74, 6) is 0.796. The Bertz CT molecular complexity index is 510. The summed E-state index contributed by atoms with van der Waals surface area (Å²) in [6, 6.07) is 15.9. The van der Waals surface area contributed by atoms with Gasteiger partial charge in [-0.15, -0.1) is 0 Å². The molecular formula is C16H18ClNO. The van der Waals surface area contributed by atoms with Gasteiger partial charge in [-0.05, 0) is 35.9 Å². The van der Waals surface area contributed by atoms with Crippen LogP contribution in [0.2, 0.25) is 5.02 Å². The Morgan fingerprint density at radius 3 is 2.47 bits per heavy atom. The molecule has 0 atom stereocenters. The summed E-state index contributed by atoms with van der Waals surface area (Å²) < 4.78 is 5.69. The van der Waals surface area contributed by atoms with Crippen LogP contribution in [0.1, 0.15) is 18.1 Å². The first-order chi connectivity index (χ1) is 9.28. The number of hydrogen-bond donors (Lipinski definition) is 1. The van der Waals surface area contributed by atoms with E-state index in [4.69, 9.17) is 16.3 Å². The van der Waals surface area contributed by atoms with E-state index in [1.165, 1.54) is 5.56 Å². The van der Waals surface area contributed by atoms with Crippen molar-refractivity contribution in [3.63, 3.8) is 0 Å². The lowest BCUT2D eigenvalue weighted by Gasteiger charge is -2.07. The first kappa shape index (κ1) is 13.9. The van der Waals surface area contributed by atoms with Crippen LogP contribution < -0.4 is 10.1 Å². The van der Waals surface area contributed by atoms with E-state index in [0.717, 1.165) is 24.4 Å². The minimum absolute atomic E-state index is 0.557. The smallest absolute Gasteiger partial charge is 0.121 e. The van der Waals surface area contributed by atoms with Crippen LogP contribution >= 0.6 is 11.6 Å². The summed E-state index contributed by atoms with van der Waals surface area (Å²) in [6.45, 7) is 4.56. The molecule has 0 aliphatic rings. The molecule has 0 amide bonds. The Kier molecular flexibility index (Phi) is 5.25. The van der Waals surface area contributed by atoms with Gasteiger partial charge in [-0.25, -0.2) is 0 Å². The summed E-state index contributed by atoms with van der Waals surface area (Å²) in [5.41, 5.74) is 2.44. The maximum Gasteiger partial charge on any atom is 0.121 e. The number of halogens is 1. The Morgan fingerprint density at radius 2 is 1.79 bits per heavy atom. The molecule has 0 fully saturated rings. The fourth-order valence-electron chi connectivity index (χ4n) is 1.75. The topological polar surface area (TPSA) is 21.3 Å². The highest BCUT2D eigenvalue weighted by molar-refractivity contribution is 6.30. The molecule has 100 valence electrons. The van der Waals surface area contributed by atoms with Gasteiger partial charge in [0.05, 0.1) is 0 Å². The number of nitrogens with one attached hydrogen (secondary N) is 1. The summed E-state index contributed by atoms with van der Waals surface area (Å²) in [6.07, 6.45) is 0. The van der Waals surface area contributed by atoms with Gasteiger partial charge in [0.25, 0.3) is 0 Å². The molecule has 2 aromatic carbocycles. The molecule has 0 aromatic heterocycles. The van der Waals surface area contributed by atoms with E-state index in [0.29, 0.717) is 11.6 Å². The SMILES string of the molecule is CCNCc1ccc(COc2cccc(Cl)c2)cc1. The van der Waals surface area contributed by atoms with E-state index in [-0.39, 0.29) is 0 Å². The zero-order chi connectivity index (χ0) is 13.5. The second-order valence-corrected chi connectivity index (χ2v) is 4.78. The fourth-order valence-corrected chi connectivity index (χ4v) is 1.93. The second-order valence-electron chi connectivity index (χ2n) is 4.34. The molecule has 0 aliphatic heterocycles. The van der Waals surface area contributed by atoms with Crippen LogP contribution in [0.25, 0.3) is 0 Å². The monoisotopic (exact) mass is 275 g/mol. The normalized spacial score (nSPS) is 10.4. The summed E-state index contributed by atoms with van der Waals surface area (Å²) >= 11 is 5.91. The molecule has 19 heavy (non-hydrogen) atoms. The lowest BCUT2D eigenvalue weighted by molar-refractivity contribution is 0.306. The van der Waals surface area contributed by atoms with Crippen LogP contribution in [0.15, 0.2) is 48.5 Å². The van der Waals surface area contributed by atoms with Crippen LogP contribution in [0.5, 0.6) is 5.75 Å². The van der Waals surface area contributed by atoms with Crippen molar-refractivity contribution in [1.82, 2.24) is 5.32 Å². The van der Waals surface area contributed by atoms with Crippen molar-refractivity contribution in [1.29, 1.82) is 0 Å². The van der Waals surface area contributed by atoms with Crippen molar-refractivity contribution in [3.05, 3.63) is 64.7 Å². The molecule has 1 N–H and O–H groups in total. The molecule has 0 unspecified atom stereocenters. The Labute approximate surface area is 119 Å². The average Bonchev–Trinajstić information content (AvgIpc) is 2.44. The Balaban J connectivity index is 1.89. The Hall–Kier alpha value is -1.51. The first-order valence-electron chi connectivity index (χ1n) is 6.45. The van der Waals surface area contributed by atoms with E-state index in [2.05, 4.69) is 36.5 Å².